The van der Waals surface area contributed by atoms with Gasteiger partial charge in [0.25, 0.3) is 11.5 Å². The number of nitrogens with zero attached hydrogens (tertiary/aromatic N) is 3. The van der Waals surface area contributed by atoms with E-state index in [0.29, 0.717) is 16.1 Å². The quantitative estimate of drug-likeness (QED) is 0.113. The number of hydrogen-bond acceptors (Lipinski definition) is 7. The van der Waals surface area contributed by atoms with Crippen LogP contribution in [0.1, 0.15) is 29.7 Å². The first-order valence-corrected chi connectivity index (χ1v) is 12.2. The van der Waals surface area contributed by atoms with Crippen LogP contribution in [0.15, 0.2) is 72.3 Å². The second kappa shape index (κ2) is 9.18. The van der Waals surface area contributed by atoms with Crippen molar-refractivity contribution in [3.63, 3.8) is 0 Å². The predicted molar refractivity (Wildman–Crippen MR) is 138 cm³/mol. The molecular formula is C26H18ClN3O5S. The number of nitro groups is 1. The number of halogens is 1. The Bertz CT molecular complexity index is 1580. The fourth-order valence-corrected chi connectivity index (χ4v) is 5.38. The molecule has 1 saturated heterocycles. The minimum Gasteiger partial charge on any atom is -0.507 e. The minimum absolute atomic E-state index is 0.184. The number of nitro benzene ring substituents is 1. The van der Waals surface area contributed by atoms with Gasteiger partial charge in [0.2, 0.25) is 0 Å². The molecule has 36 heavy (non-hydrogen) atoms. The Morgan fingerprint density at radius 2 is 1.89 bits per heavy atom. The van der Waals surface area contributed by atoms with E-state index < -0.39 is 28.4 Å². The van der Waals surface area contributed by atoms with E-state index in [1.54, 1.807) is 18.2 Å². The Balaban J connectivity index is 1.74. The summed E-state index contributed by atoms with van der Waals surface area (Å²) in [5.41, 5.74) is 1.94. The molecular weight excluding hydrogens is 502 g/mol. The highest BCUT2D eigenvalue weighted by Crippen LogP contribution is 2.45. The Hall–Kier alpha value is -4.08. The molecule has 1 unspecified atom stereocenters. The van der Waals surface area contributed by atoms with Crippen LogP contribution in [0.3, 0.4) is 0 Å². The molecule has 0 spiro atoms. The fourth-order valence-electron chi connectivity index (χ4n) is 4.20. The highest BCUT2D eigenvalue weighted by atomic mass is 35.5. The van der Waals surface area contributed by atoms with Crippen LogP contribution in [0, 0.1) is 10.1 Å². The van der Waals surface area contributed by atoms with Crippen molar-refractivity contribution < 1.29 is 19.6 Å². The Labute approximate surface area is 214 Å². The summed E-state index contributed by atoms with van der Waals surface area (Å²) >= 11 is 7.20. The number of rotatable bonds is 5. The summed E-state index contributed by atoms with van der Waals surface area (Å²) in [6.07, 6.45) is 0.822. The highest BCUT2D eigenvalue weighted by molar-refractivity contribution is 7.22. The molecule has 0 bridgehead atoms. The maximum absolute atomic E-state index is 13.4. The molecule has 5 rings (SSSR count). The monoisotopic (exact) mass is 519 g/mol. The number of aliphatic hydroxyl groups excluding tert-OH is 1. The molecule has 1 aromatic heterocycles. The summed E-state index contributed by atoms with van der Waals surface area (Å²) in [5, 5.41) is 23.3. The zero-order chi connectivity index (χ0) is 25.6. The third-order valence-corrected chi connectivity index (χ3v) is 7.28. The molecule has 1 fully saturated rings. The smallest absolute Gasteiger partial charge is 0.301 e. The van der Waals surface area contributed by atoms with Gasteiger partial charge in [-0.05, 0) is 53.9 Å². The average Bonchev–Trinajstić information content (AvgIpc) is 3.41. The number of aryl methyl sites for hydroxylation is 1. The zero-order valence-electron chi connectivity index (χ0n) is 18.8. The second-order valence-electron chi connectivity index (χ2n) is 8.18. The van der Waals surface area contributed by atoms with E-state index in [4.69, 9.17) is 11.6 Å². The van der Waals surface area contributed by atoms with E-state index in [1.807, 2.05) is 25.1 Å². The van der Waals surface area contributed by atoms with Gasteiger partial charge in [0.1, 0.15) is 5.76 Å². The average molecular weight is 520 g/mol. The Morgan fingerprint density at radius 1 is 1.14 bits per heavy atom. The number of aliphatic hydroxyl groups is 1. The number of amides is 1. The number of hydrogen-bond donors (Lipinski definition) is 1. The van der Waals surface area contributed by atoms with Crippen LogP contribution in [0.5, 0.6) is 0 Å². The van der Waals surface area contributed by atoms with Gasteiger partial charge in [-0.2, -0.15) is 0 Å². The Morgan fingerprint density at radius 3 is 2.58 bits per heavy atom. The molecule has 8 nitrogen and oxygen atoms in total. The van der Waals surface area contributed by atoms with Crippen LogP contribution in [-0.4, -0.2) is 26.7 Å². The molecule has 3 aromatic carbocycles. The number of benzene rings is 3. The van der Waals surface area contributed by atoms with Gasteiger partial charge in [-0.3, -0.25) is 24.6 Å². The maximum atomic E-state index is 13.4. The van der Waals surface area contributed by atoms with Crippen molar-refractivity contribution in [2.24, 2.45) is 0 Å². The predicted octanol–water partition coefficient (Wildman–Crippen LogP) is 6.05. The summed E-state index contributed by atoms with van der Waals surface area (Å²) in [7, 11) is 0. The first-order chi connectivity index (χ1) is 17.3. The van der Waals surface area contributed by atoms with Gasteiger partial charge in [-0.1, -0.05) is 48.1 Å². The van der Waals surface area contributed by atoms with Gasteiger partial charge in [0.15, 0.2) is 5.13 Å². The number of Topliss-reactive ketones (excluding diaryl/α,β-unsaturated/α-hetero) is 1. The van der Waals surface area contributed by atoms with Crippen LogP contribution in [0.4, 0.5) is 10.8 Å². The number of carbonyl (C=O) groups excluding carboxylic acids is 2. The van der Waals surface area contributed by atoms with Gasteiger partial charge in [0, 0.05) is 22.7 Å². The molecule has 1 aliphatic heterocycles. The third kappa shape index (κ3) is 4.02. The second-order valence-corrected chi connectivity index (χ2v) is 9.63. The van der Waals surface area contributed by atoms with E-state index in [2.05, 4.69) is 4.98 Å². The number of carbonyl (C=O) groups is 2. The molecule has 1 N–H and O–H groups in total. The lowest BCUT2D eigenvalue weighted by molar-refractivity contribution is -0.384. The first kappa shape index (κ1) is 23.7. The lowest BCUT2D eigenvalue weighted by Gasteiger charge is -2.22. The lowest BCUT2D eigenvalue weighted by atomic mass is 9.95. The van der Waals surface area contributed by atoms with E-state index in [9.17, 15) is 24.8 Å². The van der Waals surface area contributed by atoms with Gasteiger partial charge in [-0.15, -0.1) is 0 Å². The summed E-state index contributed by atoms with van der Waals surface area (Å²) in [6.45, 7) is 2.03. The molecule has 0 aliphatic carbocycles. The van der Waals surface area contributed by atoms with E-state index >= 15 is 0 Å². The normalized spacial score (nSPS) is 17.2. The zero-order valence-corrected chi connectivity index (χ0v) is 20.4. The molecule has 1 atom stereocenters. The lowest BCUT2D eigenvalue weighted by Crippen LogP contribution is -2.29. The highest BCUT2D eigenvalue weighted by Gasteiger charge is 2.48. The summed E-state index contributed by atoms with van der Waals surface area (Å²) in [6, 6.07) is 16.5. The number of non-ortho nitro benzene ring substituents is 1. The van der Waals surface area contributed by atoms with Crippen LogP contribution in [-0.2, 0) is 16.0 Å². The van der Waals surface area contributed by atoms with Crippen LogP contribution in [0.2, 0.25) is 5.02 Å². The fraction of sp³-hybridized carbons (Fsp3) is 0.115. The number of anilines is 1. The largest absolute Gasteiger partial charge is 0.507 e. The van der Waals surface area contributed by atoms with Crippen molar-refractivity contribution in [3.8, 4) is 0 Å². The van der Waals surface area contributed by atoms with Gasteiger partial charge in [0.05, 0.1) is 26.8 Å². The number of thiazole rings is 1. The van der Waals surface area contributed by atoms with E-state index in [0.717, 1.165) is 16.7 Å². The summed E-state index contributed by atoms with van der Waals surface area (Å²) < 4.78 is 0.835. The van der Waals surface area contributed by atoms with Crippen LogP contribution in [0.25, 0.3) is 16.0 Å². The van der Waals surface area contributed by atoms with Gasteiger partial charge in [-0.25, -0.2) is 4.98 Å². The first-order valence-electron chi connectivity index (χ1n) is 11.0. The van der Waals surface area contributed by atoms with Crippen molar-refractivity contribution in [1.29, 1.82) is 0 Å². The molecule has 1 amide bonds. The molecule has 0 saturated carbocycles. The molecule has 180 valence electrons. The van der Waals surface area contributed by atoms with Gasteiger partial charge >= 0.3 is 5.91 Å². The topological polar surface area (TPSA) is 114 Å². The molecule has 10 heteroatoms. The maximum Gasteiger partial charge on any atom is 0.301 e. The van der Waals surface area contributed by atoms with Crippen LogP contribution >= 0.6 is 22.9 Å². The minimum atomic E-state index is -1.12. The molecule has 4 aromatic rings. The van der Waals surface area contributed by atoms with Gasteiger partial charge < -0.3 is 5.11 Å². The molecule has 2 heterocycles. The van der Waals surface area contributed by atoms with Crippen molar-refractivity contribution in [2.75, 3.05) is 4.90 Å². The van der Waals surface area contributed by atoms with Crippen molar-refractivity contribution >= 4 is 61.4 Å². The molecule has 1 aliphatic rings. The molecule has 0 radical (unpaired) electrons. The van der Waals surface area contributed by atoms with Crippen molar-refractivity contribution in [1.82, 2.24) is 4.98 Å². The number of ketones is 1. The number of fused-ring (bicyclic) bond motifs is 1. The Kier molecular flexibility index (Phi) is 6.03. The summed E-state index contributed by atoms with van der Waals surface area (Å²) in [5.74, 6) is -2.19. The van der Waals surface area contributed by atoms with Crippen molar-refractivity contribution in [2.45, 2.75) is 19.4 Å². The standard InChI is InChI=1S/C26H18ClN3O5S/c1-2-14-6-11-19-20(12-14)36-26(28-19)29-22(16-4-3-5-18(13-16)30(34)35)21(24(32)25(29)33)23(31)15-7-9-17(27)10-8-15/h3-13,22,31H,2H2,1H3. The van der Waals surface area contributed by atoms with Crippen LogP contribution < -0.4 is 4.90 Å². The summed E-state index contributed by atoms with van der Waals surface area (Å²) in [4.78, 5) is 43.3. The third-order valence-electron chi connectivity index (χ3n) is 6.01. The van der Waals surface area contributed by atoms with E-state index in [1.165, 1.54) is 46.6 Å². The van der Waals surface area contributed by atoms with Crippen molar-refractivity contribution in [3.05, 3.63) is 104 Å². The SMILES string of the molecule is CCc1ccc2nc(N3C(=O)C(=O)C(=C(O)c4ccc(Cl)cc4)C3c3cccc([N+](=O)[O-])c3)sc2c1. The van der Waals surface area contributed by atoms with E-state index in [-0.39, 0.29) is 22.0 Å². The number of aromatic nitrogens is 1.